The van der Waals surface area contributed by atoms with E-state index in [0.29, 0.717) is 11.8 Å². The first-order valence-electron chi connectivity index (χ1n) is 15.4. The Morgan fingerprint density at radius 3 is 1.40 bits per heavy atom. The average molecular weight is 713 g/mol. The summed E-state index contributed by atoms with van der Waals surface area (Å²) in [5.41, 5.74) is 9.69. The molecule has 1 aliphatic carbocycles. The third-order valence-corrected chi connectivity index (χ3v) is 9.49. The summed E-state index contributed by atoms with van der Waals surface area (Å²) in [7, 11) is 0. The molecule has 234 valence electrons. The van der Waals surface area contributed by atoms with Crippen LogP contribution in [0.4, 0.5) is 0 Å². The van der Waals surface area contributed by atoms with Crippen LogP contribution in [0.1, 0.15) is 68.0 Å². The molecular weight excluding hydrogens is 667 g/mol. The first-order valence-corrected chi connectivity index (χ1v) is 16.7. The van der Waals surface area contributed by atoms with E-state index in [-0.39, 0.29) is 30.2 Å². The standard InChI is InChI=1S/C15H13.C15H14.C12H19.2ClH.Zr/c1-10-3-5-14-12(7-10)9-13-8-11(2)4-6-15(13)14;1-12-3-7-14(8-4-12)11-15-9-5-13(2)6-10-15;1-9(2)10-6-7-11(8-10)12(3,4)5;;;/h3-9H,1-2H3;3-10H,1-2H3;7-10H,1-5H3;2*1H;/q-1;;-1;;;+2/p-2. The van der Waals surface area contributed by atoms with Gasteiger partial charge < -0.3 is 24.8 Å². The molecule has 0 aliphatic heterocycles. The van der Waals surface area contributed by atoms with E-state index in [9.17, 15) is 0 Å². The first-order chi connectivity index (χ1) is 20.3. The predicted molar refractivity (Wildman–Crippen MR) is 186 cm³/mol. The third kappa shape index (κ3) is 10.5. The maximum atomic E-state index is 3.40. The van der Waals surface area contributed by atoms with Crippen molar-refractivity contribution < 1.29 is 49.0 Å². The monoisotopic (exact) mass is 710 g/mol. The number of hydrogen-bond donors (Lipinski definition) is 0. The quantitative estimate of drug-likeness (QED) is 0.221. The van der Waals surface area contributed by atoms with Crippen molar-refractivity contribution in [3.8, 4) is 0 Å². The van der Waals surface area contributed by atoms with Gasteiger partial charge in [0.1, 0.15) is 0 Å². The molecule has 6 rings (SSSR count). The summed E-state index contributed by atoms with van der Waals surface area (Å²) in [5, 5.41) is 5.46. The van der Waals surface area contributed by atoms with Crippen molar-refractivity contribution in [2.75, 3.05) is 0 Å². The van der Waals surface area contributed by atoms with Gasteiger partial charge in [0.2, 0.25) is 0 Å². The molecule has 5 aromatic rings. The van der Waals surface area contributed by atoms with Gasteiger partial charge in [-0.25, -0.2) is 6.08 Å². The molecule has 0 N–H and O–H groups in total. The van der Waals surface area contributed by atoms with Gasteiger partial charge >= 0.3 is 112 Å². The second kappa shape index (κ2) is 16.9. The Hall–Kier alpha value is -2.44. The van der Waals surface area contributed by atoms with E-state index >= 15 is 0 Å². The summed E-state index contributed by atoms with van der Waals surface area (Å²) in [5.74, 6) is 1.22. The number of halogens is 2. The van der Waals surface area contributed by atoms with E-state index in [1.54, 1.807) is 0 Å². The molecule has 3 heteroatoms. The van der Waals surface area contributed by atoms with Crippen molar-refractivity contribution in [3.63, 3.8) is 0 Å². The van der Waals surface area contributed by atoms with Crippen LogP contribution < -0.4 is 24.8 Å². The molecule has 45 heavy (non-hydrogen) atoms. The summed E-state index contributed by atoms with van der Waals surface area (Å²) in [6.07, 6.45) is 7.90. The largest absolute Gasteiger partial charge is 1.00 e. The SMILES string of the molecule is CC(C)C1[C-]=CC(C(C)(C)C)=C1.Cc1ccc([C](=[Zr+2])c2ccc(C)cc2)cc1.Cc1ccc2c(c1)[cH-]c1cc(C)ccc12.[Cl-].[Cl-]. The number of benzene rings is 4. The number of fused-ring (bicyclic) bond motifs is 3. The Balaban J connectivity index is 0.000000233. The predicted octanol–water partition coefficient (Wildman–Crippen LogP) is 5.36. The van der Waals surface area contributed by atoms with Gasteiger partial charge in [-0.05, 0) is 13.8 Å². The van der Waals surface area contributed by atoms with E-state index in [2.05, 4.69) is 172 Å². The zero-order valence-electron chi connectivity index (χ0n) is 28.2. The van der Waals surface area contributed by atoms with Crippen LogP contribution in [0, 0.1) is 51.0 Å². The van der Waals surface area contributed by atoms with Crippen LogP contribution in [0.2, 0.25) is 0 Å². The van der Waals surface area contributed by atoms with E-state index in [1.807, 2.05) is 0 Å². The Labute approximate surface area is 299 Å². The molecule has 0 aromatic heterocycles. The zero-order chi connectivity index (χ0) is 31.3. The summed E-state index contributed by atoms with van der Waals surface area (Å²) >= 11 is 1.46. The fourth-order valence-corrected chi connectivity index (χ4v) is 6.01. The normalized spacial score (nSPS) is 13.7. The van der Waals surface area contributed by atoms with E-state index in [0.717, 1.165) is 0 Å². The molecule has 1 atom stereocenters. The number of aryl methyl sites for hydroxylation is 4. The summed E-state index contributed by atoms with van der Waals surface area (Å²) in [4.78, 5) is 0. The van der Waals surface area contributed by atoms with Crippen molar-refractivity contribution in [2.45, 2.75) is 62.3 Å². The van der Waals surface area contributed by atoms with Gasteiger partial charge in [-0.2, -0.15) is 11.6 Å². The molecule has 0 heterocycles. The average Bonchev–Trinajstić information content (AvgIpc) is 3.59. The molecule has 0 saturated carbocycles. The van der Waals surface area contributed by atoms with Gasteiger partial charge in [0.25, 0.3) is 0 Å². The van der Waals surface area contributed by atoms with Gasteiger partial charge in [0.05, 0.1) is 0 Å². The van der Waals surface area contributed by atoms with Gasteiger partial charge in [-0.1, -0.05) is 87.3 Å². The van der Waals surface area contributed by atoms with E-state index < -0.39 is 0 Å². The maximum absolute atomic E-state index is 3.40. The molecule has 0 fully saturated rings. The molecule has 0 bridgehead atoms. The van der Waals surface area contributed by atoms with Crippen molar-refractivity contribution in [1.29, 1.82) is 0 Å². The Kier molecular flexibility index (Phi) is 14.6. The van der Waals surface area contributed by atoms with E-state index in [4.69, 9.17) is 0 Å². The van der Waals surface area contributed by atoms with Crippen molar-refractivity contribution >= 4 is 24.8 Å². The van der Waals surface area contributed by atoms with Crippen LogP contribution in [0.25, 0.3) is 21.5 Å². The summed E-state index contributed by atoms with van der Waals surface area (Å²) in [6.45, 7) is 19.8. The summed E-state index contributed by atoms with van der Waals surface area (Å²) in [6, 6.07) is 33.1. The smallest absolute Gasteiger partial charge is 0.0469 e. The Morgan fingerprint density at radius 1 is 0.667 bits per heavy atom. The molecule has 1 aliphatic rings. The fourth-order valence-electron chi connectivity index (χ4n) is 5.20. The molecule has 0 nitrogen and oxygen atoms in total. The van der Waals surface area contributed by atoms with Gasteiger partial charge in [0.15, 0.2) is 0 Å². The number of rotatable bonds is 3. The minimum Gasteiger partial charge on any atom is -1.00 e. The van der Waals surface area contributed by atoms with Crippen LogP contribution in [-0.2, 0) is 24.2 Å². The molecule has 0 spiro atoms. The van der Waals surface area contributed by atoms with Gasteiger partial charge in [0, 0.05) is 0 Å². The first kappa shape index (κ1) is 38.7. The summed E-state index contributed by atoms with van der Waals surface area (Å²) < 4.78 is 1.42. The second-order valence-corrected chi connectivity index (χ2v) is 14.6. The van der Waals surface area contributed by atoms with Crippen LogP contribution in [-0.4, -0.2) is 3.21 Å². The third-order valence-electron chi connectivity index (χ3n) is 8.07. The van der Waals surface area contributed by atoms with Crippen LogP contribution in [0.15, 0.2) is 109 Å². The molecular formula is C42H46Cl2Zr-2. The van der Waals surface area contributed by atoms with Gasteiger partial charge in [-0.15, -0.1) is 39.7 Å². The molecule has 5 aromatic carbocycles. The van der Waals surface area contributed by atoms with Crippen LogP contribution in [0.5, 0.6) is 0 Å². The van der Waals surface area contributed by atoms with E-state index in [1.165, 1.54) is 87.9 Å². The number of hydrogen-bond acceptors (Lipinski definition) is 0. The Morgan fingerprint density at radius 2 is 1.07 bits per heavy atom. The number of allylic oxidation sites excluding steroid dienone is 4. The Bertz CT molecular complexity index is 1650. The molecule has 0 amide bonds. The minimum absolute atomic E-state index is 0. The molecule has 0 saturated heterocycles. The van der Waals surface area contributed by atoms with Crippen molar-refractivity contribution in [2.24, 2.45) is 17.3 Å². The maximum Gasteiger partial charge on any atom is -0.0469 e. The zero-order valence-corrected chi connectivity index (χ0v) is 32.2. The molecule has 1 unspecified atom stereocenters. The van der Waals surface area contributed by atoms with Crippen molar-refractivity contribution in [3.05, 3.63) is 148 Å². The fraction of sp³-hybridized carbons (Fsp3) is 0.286. The second-order valence-electron chi connectivity index (χ2n) is 13.4. The van der Waals surface area contributed by atoms with Crippen LogP contribution >= 0.6 is 0 Å². The molecule has 0 radical (unpaired) electrons. The van der Waals surface area contributed by atoms with Crippen molar-refractivity contribution in [1.82, 2.24) is 0 Å². The van der Waals surface area contributed by atoms with Gasteiger partial charge in [-0.3, -0.25) is 6.08 Å². The minimum atomic E-state index is 0. The van der Waals surface area contributed by atoms with Crippen LogP contribution in [0.3, 0.4) is 0 Å². The topological polar surface area (TPSA) is 0 Å².